The minimum absolute atomic E-state index is 1.07. The van der Waals surface area contributed by atoms with Gasteiger partial charge in [-0.05, 0) is 38.4 Å². The van der Waals surface area contributed by atoms with Gasteiger partial charge in [0.25, 0.3) is 0 Å². The molecule has 0 aromatic rings. The zero-order valence-corrected chi connectivity index (χ0v) is 8.64. The lowest BCUT2D eigenvalue weighted by Gasteiger charge is -2.04. The van der Waals surface area contributed by atoms with Gasteiger partial charge >= 0.3 is 0 Å². The van der Waals surface area contributed by atoms with Crippen LogP contribution in [0.5, 0.6) is 0 Å². The minimum atomic E-state index is 1.07. The van der Waals surface area contributed by atoms with Crippen molar-refractivity contribution in [3.8, 4) is 0 Å². The third kappa shape index (κ3) is 3.19. The molecule has 0 aromatic carbocycles. The fourth-order valence-electron chi connectivity index (χ4n) is 1.58. The second-order valence-electron chi connectivity index (χ2n) is 3.27. The van der Waals surface area contributed by atoms with Gasteiger partial charge in [-0.15, -0.1) is 0 Å². The van der Waals surface area contributed by atoms with E-state index in [1.807, 2.05) is 0 Å². The molecule has 0 unspecified atom stereocenters. The Balaban J connectivity index is 2.43. The highest BCUT2D eigenvalue weighted by molar-refractivity contribution is 5.41. The summed E-state index contributed by atoms with van der Waals surface area (Å²) in [6.45, 7) is 6.39. The van der Waals surface area contributed by atoms with Crippen LogP contribution in [0.3, 0.4) is 0 Å². The first-order valence-corrected chi connectivity index (χ1v) is 5.10. The second-order valence-corrected chi connectivity index (χ2v) is 3.27. The van der Waals surface area contributed by atoms with Crippen LogP contribution in [-0.2, 0) is 0 Å². The van der Waals surface area contributed by atoms with Crippen LogP contribution < -0.4 is 5.32 Å². The minimum Gasteiger partial charge on any atom is -0.317 e. The molecule has 1 N–H and O–H groups in total. The summed E-state index contributed by atoms with van der Waals surface area (Å²) in [6.07, 6.45) is 11.1. The van der Waals surface area contributed by atoms with Crippen LogP contribution in [0, 0.1) is 0 Å². The van der Waals surface area contributed by atoms with Gasteiger partial charge in [-0.1, -0.05) is 36.8 Å². The van der Waals surface area contributed by atoms with Crippen molar-refractivity contribution in [2.24, 2.45) is 0 Å². The number of rotatable bonds is 5. The number of hydrogen-bond donors (Lipinski definition) is 1. The molecule has 0 radical (unpaired) electrons. The third-order valence-electron chi connectivity index (χ3n) is 2.27. The molecule has 0 saturated carbocycles. The van der Waals surface area contributed by atoms with Crippen LogP contribution in [-0.4, -0.2) is 13.1 Å². The Hall–Kier alpha value is -0.820. The van der Waals surface area contributed by atoms with E-state index >= 15 is 0 Å². The van der Waals surface area contributed by atoms with Crippen LogP contribution in [0.2, 0.25) is 0 Å². The fraction of sp³-hybridized carbons (Fsp3) is 0.500. The maximum absolute atomic E-state index is 3.35. The molecule has 0 aliphatic heterocycles. The average molecular weight is 177 g/mol. The molecule has 0 atom stereocenters. The number of nitrogens with one attached hydrogen (secondary N) is 1. The predicted octanol–water partition coefficient (Wildman–Crippen LogP) is 2.82. The van der Waals surface area contributed by atoms with Crippen LogP contribution in [0.15, 0.2) is 35.5 Å². The van der Waals surface area contributed by atoms with E-state index in [1.54, 1.807) is 5.57 Å². The highest BCUT2D eigenvalue weighted by atomic mass is 14.8. The predicted molar refractivity (Wildman–Crippen MR) is 58.8 cm³/mol. The van der Waals surface area contributed by atoms with Gasteiger partial charge < -0.3 is 5.32 Å². The molecule has 1 heteroatoms. The summed E-state index contributed by atoms with van der Waals surface area (Å²) in [6, 6.07) is 0. The monoisotopic (exact) mass is 177 g/mol. The molecule has 72 valence electrons. The molecule has 0 spiro atoms. The topological polar surface area (TPSA) is 12.0 Å². The van der Waals surface area contributed by atoms with E-state index in [-0.39, 0.29) is 0 Å². The van der Waals surface area contributed by atoms with Gasteiger partial charge in [-0.3, -0.25) is 0 Å². The summed E-state index contributed by atoms with van der Waals surface area (Å²) in [4.78, 5) is 0. The first kappa shape index (κ1) is 10.3. The summed E-state index contributed by atoms with van der Waals surface area (Å²) in [7, 11) is 0. The maximum atomic E-state index is 3.35. The molecule has 1 aliphatic rings. The SMILES string of the molecule is C/C=C/C1=C(CCNCC)CC=C1. The Morgan fingerprint density at radius 3 is 3.08 bits per heavy atom. The molecule has 1 nitrogen and oxygen atoms in total. The van der Waals surface area contributed by atoms with Crippen molar-refractivity contribution < 1.29 is 0 Å². The molecule has 0 aromatic heterocycles. The lowest BCUT2D eigenvalue weighted by Crippen LogP contribution is -2.14. The van der Waals surface area contributed by atoms with Crippen LogP contribution >= 0.6 is 0 Å². The number of allylic oxidation sites excluding steroid dienone is 5. The Morgan fingerprint density at radius 1 is 1.54 bits per heavy atom. The third-order valence-corrected chi connectivity index (χ3v) is 2.27. The summed E-state index contributed by atoms with van der Waals surface area (Å²) in [5.74, 6) is 0. The molecule has 1 aliphatic carbocycles. The van der Waals surface area contributed by atoms with Crippen molar-refractivity contribution in [2.45, 2.75) is 26.7 Å². The van der Waals surface area contributed by atoms with Gasteiger partial charge in [0.2, 0.25) is 0 Å². The molecule has 0 heterocycles. The van der Waals surface area contributed by atoms with Gasteiger partial charge in [0, 0.05) is 0 Å². The molecule has 1 rings (SSSR count). The lowest BCUT2D eigenvalue weighted by molar-refractivity contribution is 0.708. The summed E-state index contributed by atoms with van der Waals surface area (Å²) >= 11 is 0. The van der Waals surface area contributed by atoms with Gasteiger partial charge in [0.05, 0.1) is 0 Å². The standard InChI is InChI=1S/C12H19N/c1-3-6-11-7-5-8-12(11)9-10-13-4-2/h3,5-7,13H,4,8-10H2,1-2H3/b6-3+. The highest BCUT2D eigenvalue weighted by Crippen LogP contribution is 2.22. The van der Waals surface area contributed by atoms with Gasteiger partial charge in [-0.25, -0.2) is 0 Å². The Morgan fingerprint density at radius 2 is 2.38 bits per heavy atom. The van der Waals surface area contributed by atoms with Crippen molar-refractivity contribution in [3.63, 3.8) is 0 Å². The van der Waals surface area contributed by atoms with Crippen molar-refractivity contribution in [2.75, 3.05) is 13.1 Å². The van der Waals surface area contributed by atoms with Crippen molar-refractivity contribution in [3.05, 3.63) is 35.5 Å². The quantitative estimate of drug-likeness (QED) is 0.637. The van der Waals surface area contributed by atoms with Crippen molar-refractivity contribution in [1.82, 2.24) is 5.32 Å². The van der Waals surface area contributed by atoms with Gasteiger partial charge in [0.1, 0.15) is 0 Å². The van der Waals surface area contributed by atoms with Crippen molar-refractivity contribution in [1.29, 1.82) is 0 Å². The largest absolute Gasteiger partial charge is 0.317 e. The second kappa shape index (κ2) is 5.76. The van der Waals surface area contributed by atoms with Gasteiger partial charge in [0.15, 0.2) is 0 Å². The van der Waals surface area contributed by atoms with E-state index < -0.39 is 0 Å². The van der Waals surface area contributed by atoms with E-state index in [1.165, 1.54) is 12.0 Å². The van der Waals surface area contributed by atoms with E-state index in [4.69, 9.17) is 0 Å². The Kier molecular flexibility index (Phi) is 4.55. The molecule has 0 saturated heterocycles. The van der Waals surface area contributed by atoms with Crippen LogP contribution in [0.1, 0.15) is 26.7 Å². The zero-order valence-electron chi connectivity index (χ0n) is 8.64. The van der Waals surface area contributed by atoms with E-state index in [2.05, 4.69) is 43.5 Å². The fourth-order valence-corrected chi connectivity index (χ4v) is 1.58. The van der Waals surface area contributed by atoms with Crippen LogP contribution in [0.4, 0.5) is 0 Å². The molecule has 0 amide bonds. The normalized spacial score (nSPS) is 16.5. The molecular formula is C12H19N. The molecule has 0 fully saturated rings. The first-order valence-electron chi connectivity index (χ1n) is 5.10. The summed E-state index contributed by atoms with van der Waals surface area (Å²) < 4.78 is 0. The number of hydrogen-bond acceptors (Lipinski definition) is 1. The molecule has 13 heavy (non-hydrogen) atoms. The van der Waals surface area contributed by atoms with E-state index in [9.17, 15) is 0 Å². The smallest absolute Gasteiger partial charge is 0.00113 e. The molecular weight excluding hydrogens is 158 g/mol. The first-order chi connectivity index (χ1) is 6.38. The average Bonchev–Trinajstić information content (AvgIpc) is 2.54. The molecule has 0 bridgehead atoms. The lowest BCUT2D eigenvalue weighted by atomic mass is 10.1. The zero-order chi connectivity index (χ0) is 9.52. The maximum Gasteiger partial charge on any atom is -0.00113 e. The summed E-state index contributed by atoms with van der Waals surface area (Å²) in [5.41, 5.74) is 2.99. The summed E-state index contributed by atoms with van der Waals surface area (Å²) in [5, 5.41) is 3.35. The van der Waals surface area contributed by atoms with Crippen LogP contribution in [0.25, 0.3) is 0 Å². The Bertz CT molecular complexity index is 234. The highest BCUT2D eigenvalue weighted by Gasteiger charge is 2.05. The van der Waals surface area contributed by atoms with E-state index in [0.717, 1.165) is 19.5 Å². The Labute approximate surface area is 81.2 Å². The van der Waals surface area contributed by atoms with Gasteiger partial charge in [-0.2, -0.15) is 0 Å². The van der Waals surface area contributed by atoms with E-state index in [0.29, 0.717) is 0 Å². The van der Waals surface area contributed by atoms with Crippen molar-refractivity contribution >= 4 is 0 Å².